The molecule has 2 bridgehead atoms. The van der Waals surface area contributed by atoms with Gasteiger partial charge in [0.15, 0.2) is 0 Å². The Morgan fingerprint density at radius 1 is 1.04 bits per heavy atom. The molecule has 2 atom stereocenters. The molecule has 0 amide bonds. The van der Waals surface area contributed by atoms with Gasteiger partial charge in [-0.1, -0.05) is 0 Å². The molecule has 2 aromatic rings. The van der Waals surface area contributed by atoms with Crippen molar-refractivity contribution in [2.75, 3.05) is 18.4 Å². The van der Waals surface area contributed by atoms with E-state index in [1.807, 2.05) is 12.1 Å². The molecule has 0 radical (unpaired) electrons. The van der Waals surface area contributed by atoms with Crippen LogP contribution in [0.15, 0.2) is 36.4 Å². The molecular weight excluding hydrogens is 291 g/mol. The van der Waals surface area contributed by atoms with Crippen LogP contribution in [0.25, 0.3) is 11.3 Å². The van der Waals surface area contributed by atoms with E-state index in [9.17, 15) is 4.39 Å². The van der Waals surface area contributed by atoms with Crippen molar-refractivity contribution >= 4 is 5.82 Å². The first kappa shape index (κ1) is 14.6. The van der Waals surface area contributed by atoms with Gasteiger partial charge in [-0.15, -0.1) is 10.2 Å². The first-order valence-electron chi connectivity index (χ1n) is 8.31. The van der Waals surface area contributed by atoms with E-state index in [0.29, 0.717) is 12.1 Å². The second-order valence-corrected chi connectivity index (χ2v) is 6.59. The second kappa shape index (κ2) is 5.89. The van der Waals surface area contributed by atoms with Gasteiger partial charge in [0.25, 0.3) is 0 Å². The normalized spacial score (nSPS) is 29.5. The van der Waals surface area contributed by atoms with Gasteiger partial charge in [-0.2, -0.15) is 0 Å². The van der Waals surface area contributed by atoms with Crippen LogP contribution in [0.2, 0.25) is 0 Å². The SMILES string of the molecule is C[C@@H]1[C@@H](Nc2ccc(-c3ccc(F)cc3)nn2)C2CCN1CC2. The lowest BCUT2D eigenvalue weighted by Crippen LogP contribution is -2.59. The molecule has 3 aliphatic rings. The molecule has 5 rings (SSSR count). The zero-order valence-electron chi connectivity index (χ0n) is 13.2. The molecule has 0 aliphatic carbocycles. The smallest absolute Gasteiger partial charge is 0.148 e. The largest absolute Gasteiger partial charge is 0.364 e. The Balaban J connectivity index is 1.49. The van der Waals surface area contributed by atoms with Crippen LogP contribution in [-0.2, 0) is 0 Å². The first-order chi connectivity index (χ1) is 11.2. The summed E-state index contributed by atoms with van der Waals surface area (Å²) in [4.78, 5) is 2.55. The maximum Gasteiger partial charge on any atom is 0.148 e. The Bertz CT molecular complexity index is 660. The number of halogens is 1. The van der Waals surface area contributed by atoms with Crippen molar-refractivity contribution in [1.29, 1.82) is 0 Å². The van der Waals surface area contributed by atoms with E-state index in [2.05, 4.69) is 27.3 Å². The van der Waals surface area contributed by atoms with Gasteiger partial charge in [-0.25, -0.2) is 4.39 Å². The molecule has 0 unspecified atom stereocenters. The molecule has 3 fully saturated rings. The standard InChI is InChI=1S/C18H21FN4/c1-12-18(14-8-10-23(12)11-9-14)20-17-7-6-16(21-22-17)13-2-4-15(19)5-3-13/h2-7,12,14,18H,8-11H2,1H3,(H,20,22)/t12-,18-/m1/s1. The first-order valence-corrected chi connectivity index (χ1v) is 8.31. The number of hydrogen-bond donors (Lipinski definition) is 1. The Hall–Kier alpha value is -2.01. The summed E-state index contributed by atoms with van der Waals surface area (Å²) in [5, 5.41) is 12.2. The van der Waals surface area contributed by atoms with E-state index in [0.717, 1.165) is 23.0 Å². The Kier molecular flexibility index (Phi) is 3.73. The van der Waals surface area contributed by atoms with Crippen molar-refractivity contribution in [3.63, 3.8) is 0 Å². The van der Waals surface area contributed by atoms with Crippen LogP contribution in [0.4, 0.5) is 10.2 Å². The minimum absolute atomic E-state index is 0.240. The fourth-order valence-corrected chi connectivity index (χ4v) is 3.90. The summed E-state index contributed by atoms with van der Waals surface area (Å²) >= 11 is 0. The summed E-state index contributed by atoms with van der Waals surface area (Å²) in [6.07, 6.45) is 2.53. The number of fused-ring (bicyclic) bond motifs is 3. The highest BCUT2D eigenvalue weighted by Gasteiger charge is 2.39. The van der Waals surface area contributed by atoms with Gasteiger partial charge in [0, 0.05) is 17.6 Å². The fraction of sp³-hybridized carbons (Fsp3) is 0.444. The van der Waals surface area contributed by atoms with Crippen molar-refractivity contribution in [2.24, 2.45) is 5.92 Å². The summed E-state index contributed by atoms with van der Waals surface area (Å²) in [5.74, 6) is 1.31. The maximum absolute atomic E-state index is 13.0. The molecule has 4 heterocycles. The lowest BCUT2D eigenvalue weighted by atomic mass is 9.79. The summed E-state index contributed by atoms with van der Waals surface area (Å²) in [6, 6.07) is 11.2. The molecule has 5 heteroatoms. The minimum atomic E-state index is -0.240. The van der Waals surface area contributed by atoms with Crippen molar-refractivity contribution in [2.45, 2.75) is 31.8 Å². The Morgan fingerprint density at radius 2 is 1.78 bits per heavy atom. The van der Waals surface area contributed by atoms with Gasteiger partial charge >= 0.3 is 0 Å². The molecule has 3 aliphatic heterocycles. The minimum Gasteiger partial charge on any atom is -0.364 e. The summed E-state index contributed by atoms with van der Waals surface area (Å²) in [6.45, 7) is 4.74. The molecule has 1 aromatic heterocycles. The number of aromatic nitrogens is 2. The number of nitrogens with zero attached hydrogens (tertiary/aromatic N) is 3. The van der Waals surface area contributed by atoms with Gasteiger partial charge in [0.1, 0.15) is 11.6 Å². The third-order valence-electron chi connectivity index (χ3n) is 5.30. The van der Waals surface area contributed by atoms with Crippen LogP contribution in [-0.4, -0.2) is 40.3 Å². The highest BCUT2D eigenvalue weighted by atomic mass is 19.1. The lowest BCUT2D eigenvalue weighted by Gasteiger charge is -2.50. The third kappa shape index (κ3) is 2.81. The van der Waals surface area contributed by atoms with E-state index >= 15 is 0 Å². The van der Waals surface area contributed by atoms with Crippen LogP contribution in [0.1, 0.15) is 19.8 Å². The number of rotatable bonds is 3. The summed E-state index contributed by atoms with van der Waals surface area (Å²) < 4.78 is 13.0. The average molecular weight is 312 g/mol. The molecule has 3 saturated heterocycles. The summed E-state index contributed by atoms with van der Waals surface area (Å²) in [7, 11) is 0. The monoisotopic (exact) mass is 312 g/mol. The van der Waals surface area contributed by atoms with Crippen molar-refractivity contribution < 1.29 is 4.39 Å². The highest BCUT2D eigenvalue weighted by Crippen LogP contribution is 2.33. The zero-order chi connectivity index (χ0) is 15.8. The Labute approximate surface area is 135 Å². The average Bonchev–Trinajstić information content (AvgIpc) is 2.60. The molecule has 1 aromatic carbocycles. The molecule has 1 N–H and O–H groups in total. The van der Waals surface area contributed by atoms with Crippen LogP contribution < -0.4 is 5.32 Å². The van der Waals surface area contributed by atoms with Crippen molar-refractivity contribution in [3.05, 3.63) is 42.2 Å². The fourth-order valence-electron chi connectivity index (χ4n) is 3.90. The van der Waals surface area contributed by atoms with Gasteiger partial charge in [0.05, 0.1) is 5.69 Å². The van der Waals surface area contributed by atoms with E-state index in [-0.39, 0.29) is 5.82 Å². The molecule has 23 heavy (non-hydrogen) atoms. The van der Waals surface area contributed by atoms with E-state index in [1.165, 1.54) is 38.1 Å². The number of anilines is 1. The quantitative estimate of drug-likeness (QED) is 0.945. The predicted octanol–water partition coefficient (Wildman–Crippen LogP) is 3.18. The second-order valence-electron chi connectivity index (χ2n) is 6.59. The maximum atomic E-state index is 13.0. The predicted molar refractivity (Wildman–Crippen MR) is 88.6 cm³/mol. The van der Waals surface area contributed by atoms with Crippen molar-refractivity contribution in [1.82, 2.24) is 15.1 Å². The van der Waals surface area contributed by atoms with Crippen LogP contribution >= 0.6 is 0 Å². The molecule has 0 spiro atoms. The number of nitrogens with one attached hydrogen (secondary N) is 1. The van der Waals surface area contributed by atoms with Crippen LogP contribution in [0, 0.1) is 11.7 Å². The number of piperidine rings is 3. The number of hydrogen-bond acceptors (Lipinski definition) is 4. The van der Waals surface area contributed by atoms with Gasteiger partial charge < -0.3 is 5.32 Å². The number of benzene rings is 1. The zero-order valence-corrected chi connectivity index (χ0v) is 13.2. The molecule has 0 saturated carbocycles. The lowest BCUT2D eigenvalue weighted by molar-refractivity contribution is 0.0457. The molecule has 120 valence electrons. The van der Waals surface area contributed by atoms with E-state index in [1.54, 1.807) is 12.1 Å². The van der Waals surface area contributed by atoms with Gasteiger partial charge in [-0.05, 0) is 75.2 Å². The van der Waals surface area contributed by atoms with E-state index in [4.69, 9.17) is 0 Å². The highest BCUT2D eigenvalue weighted by molar-refractivity contribution is 5.59. The van der Waals surface area contributed by atoms with E-state index < -0.39 is 0 Å². The van der Waals surface area contributed by atoms with Crippen LogP contribution in [0.3, 0.4) is 0 Å². The van der Waals surface area contributed by atoms with Crippen molar-refractivity contribution in [3.8, 4) is 11.3 Å². The van der Waals surface area contributed by atoms with Crippen LogP contribution in [0.5, 0.6) is 0 Å². The van der Waals surface area contributed by atoms with Gasteiger partial charge in [-0.3, -0.25) is 4.90 Å². The van der Waals surface area contributed by atoms with Gasteiger partial charge in [0.2, 0.25) is 0 Å². The summed E-state index contributed by atoms with van der Waals surface area (Å²) in [5.41, 5.74) is 1.64. The molecular formula is C18H21FN4. The topological polar surface area (TPSA) is 41.1 Å². The Morgan fingerprint density at radius 3 is 2.39 bits per heavy atom. The third-order valence-corrected chi connectivity index (χ3v) is 5.30. The molecule has 4 nitrogen and oxygen atoms in total.